The summed E-state index contributed by atoms with van der Waals surface area (Å²) in [6, 6.07) is 10.2. The van der Waals surface area contributed by atoms with Gasteiger partial charge in [-0.15, -0.1) is 0 Å². The molecule has 0 atom stereocenters. The molecule has 4 rings (SSSR count). The number of hydrogen-bond acceptors (Lipinski definition) is 4. The number of fused-ring (bicyclic) bond motifs is 2. The zero-order valence-electron chi connectivity index (χ0n) is 14.1. The predicted molar refractivity (Wildman–Crippen MR) is 94.7 cm³/mol. The van der Waals surface area contributed by atoms with E-state index < -0.39 is 0 Å². The van der Waals surface area contributed by atoms with E-state index in [1.807, 2.05) is 30.9 Å². The Morgan fingerprint density at radius 1 is 1.24 bits per heavy atom. The summed E-state index contributed by atoms with van der Waals surface area (Å²) in [5.41, 5.74) is 3.45. The molecule has 2 heterocycles. The Morgan fingerprint density at radius 2 is 2.04 bits per heavy atom. The Kier molecular flexibility index (Phi) is 3.71. The molecule has 0 fully saturated rings. The number of hydrogen-bond donors (Lipinski definition) is 0. The van der Waals surface area contributed by atoms with Crippen LogP contribution in [0.15, 0.2) is 45.6 Å². The highest BCUT2D eigenvalue weighted by Crippen LogP contribution is 2.37. The number of nitrogens with zero attached hydrogens (tertiary/aromatic N) is 1. The quantitative estimate of drug-likeness (QED) is 0.658. The van der Waals surface area contributed by atoms with Crippen molar-refractivity contribution in [2.24, 2.45) is 0 Å². The molecule has 0 aliphatic carbocycles. The van der Waals surface area contributed by atoms with Gasteiger partial charge < -0.3 is 14.1 Å². The van der Waals surface area contributed by atoms with E-state index in [0.29, 0.717) is 17.8 Å². The van der Waals surface area contributed by atoms with Crippen molar-refractivity contribution in [1.29, 1.82) is 0 Å². The second-order valence-electron chi connectivity index (χ2n) is 6.23. The lowest BCUT2D eigenvalue weighted by Gasteiger charge is -2.32. The molecular weight excluding hydrogens is 321 g/mol. The van der Waals surface area contributed by atoms with Crippen LogP contribution in [0.3, 0.4) is 0 Å². The zero-order valence-corrected chi connectivity index (χ0v) is 14.1. The molecule has 0 bridgehead atoms. The van der Waals surface area contributed by atoms with Crippen LogP contribution in [-0.4, -0.2) is 6.73 Å². The normalized spacial score (nSPS) is 13.6. The Labute approximate surface area is 144 Å². The highest BCUT2D eigenvalue weighted by atomic mass is 19.1. The van der Waals surface area contributed by atoms with Crippen LogP contribution in [0.2, 0.25) is 0 Å². The van der Waals surface area contributed by atoms with E-state index in [-0.39, 0.29) is 18.2 Å². The summed E-state index contributed by atoms with van der Waals surface area (Å²) in [6.45, 7) is 4.68. The third-order valence-corrected chi connectivity index (χ3v) is 4.68. The lowest BCUT2D eigenvalue weighted by atomic mass is 9.99. The highest BCUT2D eigenvalue weighted by Gasteiger charge is 2.24. The molecule has 1 aliphatic heterocycles. The molecule has 128 valence electrons. The molecule has 0 saturated heterocycles. The first-order chi connectivity index (χ1) is 12.1. The molecule has 0 amide bonds. The summed E-state index contributed by atoms with van der Waals surface area (Å²) in [7, 11) is 0. The molecule has 25 heavy (non-hydrogen) atoms. The zero-order chi connectivity index (χ0) is 17.6. The number of para-hydroxylation sites is 1. The van der Waals surface area contributed by atoms with Gasteiger partial charge >= 0.3 is 5.63 Å². The average Bonchev–Trinajstić information content (AvgIpc) is 2.62. The summed E-state index contributed by atoms with van der Waals surface area (Å²) in [6.07, 6.45) is 0.734. The Bertz CT molecular complexity index is 1030. The van der Waals surface area contributed by atoms with Crippen molar-refractivity contribution in [1.82, 2.24) is 0 Å². The minimum absolute atomic E-state index is 0.248. The van der Waals surface area contributed by atoms with Crippen LogP contribution >= 0.6 is 0 Å². The molecule has 0 N–H and O–H groups in total. The number of benzene rings is 2. The maximum Gasteiger partial charge on any atom is 0.336 e. The largest absolute Gasteiger partial charge is 0.472 e. The maximum absolute atomic E-state index is 14.1. The minimum Gasteiger partial charge on any atom is -0.472 e. The van der Waals surface area contributed by atoms with E-state index >= 15 is 0 Å². The van der Waals surface area contributed by atoms with Crippen molar-refractivity contribution < 1.29 is 13.5 Å². The molecule has 0 spiro atoms. The molecule has 4 nitrogen and oxygen atoms in total. The average molecular weight is 339 g/mol. The molecule has 0 radical (unpaired) electrons. The van der Waals surface area contributed by atoms with Gasteiger partial charge in [0.05, 0.1) is 5.69 Å². The van der Waals surface area contributed by atoms with Gasteiger partial charge in [-0.1, -0.05) is 19.1 Å². The first-order valence-electron chi connectivity index (χ1n) is 8.30. The maximum atomic E-state index is 14.1. The fourth-order valence-corrected chi connectivity index (χ4v) is 3.44. The second kappa shape index (κ2) is 5.92. The minimum atomic E-state index is -0.351. The molecule has 5 heteroatoms. The van der Waals surface area contributed by atoms with Crippen LogP contribution in [0.1, 0.15) is 23.6 Å². The fraction of sp³-hybridized carbons (Fsp3) is 0.250. The van der Waals surface area contributed by atoms with E-state index in [4.69, 9.17) is 9.15 Å². The number of ether oxygens (including phenoxy) is 1. The Hall–Kier alpha value is -2.82. The molecule has 1 aromatic heterocycles. The lowest BCUT2D eigenvalue weighted by molar-refractivity contribution is 0.286. The van der Waals surface area contributed by atoms with Crippen LogP contribution in [0, 0.1) is 12.7 Å². The van der Waals surface area contributed by atoms with Gasteiger partial charge in [0.15, 0.2) is 6.73 Å². The fourth-order valence-electron chi connectivity index (χ4n) is 3.44. The van der Waals surface area contributed by atoms with Gasteiger partial charge in [-0.3, -0.25) is 0 Å². The van der Waals surface area contributed by atoms with E-state index in [1.165, 1.54) is 12.1 Å². The summed E-state index contributed by atoms with van der Waals surface area (Å²) in [5, 5.41) is 0.914. The molecule has 3 aromatic rings. The first kappa shape index (κ1) is 15.7. The molecular formula is C20H18FNO3. The van der Waals surface area contributed by atoms with Gasteiger partial charge in [0.25, 0.3) is 0 Å². The van der Waals surface area contributed by atoms with Crippen molar-refractivity contribution in [3.8, 4) is 5.75 Å². The first-order valence-corrected chi connectivity index (χ1v) is 8.30. The van der Waals surface area contributed by atoms with Crippen molar-refractivity contribution in [2.75, 3.05) is 11.6 Å². The van der Waals surface area contributed by atoms with Crippen molar-refractivity contribution in [2.45, 2.75) is 26.8 Å². The Balaban J connectivity index is 1.85. The van der Waals surface area contributed by atoms with Crippen LogP contribution < -0.4 is 15.3 Å². The van der Waals surface area contributed by atoms with Crippen molar-refractivity contribution in [3.63, 3.8) is 0 Å². The van der Waals surface area contributed by atoms with Crippen LogP contribution in [0.4, 0.5) is 10.1 Å². The van der Waals surface area contributed by atoms with Crippen LogP contribution in [-0.2, 0) is 13.0 Å². The number of halogens is 1. The summed E-state index contributed by atoms with van der Waals surface area (Å²) in [5.74, 6) is 0.448. The molecule has 2 aromatic carbocycles. The van der Waals surface area contributed by atoms with E-state index in [9.17, 15) is 9.18 Å². The van der Waals surface area contributed by atoms with Gasteiger partial charge in [-0.2, -0.15) is 0 Å². The number of rotatable bonds is 2. The van der Waals surface area contributed by atoms with Crippen LogP contribution in [0.5, 0.6) is 5.75 Å². The van der Waals surface area contributed by atoms with Crippen LogP contribution in [0.25, 0.3) is 11.0 Å². The summed E-state index contributed by atoms with van der Waals surface area (Å²) < 4.78 is 25.4. The summed E-state index contributed by atoms with van der Waals surface area (Å²) >= 11 is 0. The standard InChI is InChI=1S/C20H18FNO3/c1-3-13-9-18(23)25-20-12(2)19-14(8-15(13)20)10-22(11-24-19)17-7-5-4-6-16(17)21/h4-9H,3,10-11H2,1-2H3. The number of anilines is 1. The predicted octanol–water partition coefficient (Wildman–Crippen LogP) is 4.16. The second-order valence-corrected chi connectivity index (χ2v) is 6.23. The third-order valence-electron chi connectivity index (χ3n) is 4.68. The van der Waals surface area contributed by atoms with E-state index in [0.717, 1.165) is 34.2 Å². The smallest absolute Gasteiger partial charge is 0.336 e. The van der Waals surface area contributed by atoms with Gasteiger partial charge in [-0.25, -0.2) is 9.18 Å². The van der Waals surface area contributed by atoms with Gasteiger partial charge in [0, 0.05) is 29.1 Å². The van der Waals surface area contributed by atoms with Gasteiger partial charge in [0.1, 0.15) is 17.1 Å². The summed E-state index contributed by atoms with van der Waals surface area (Å²) in [4.78, 5) is 13.7. The molecule has 1 aliphatic rings. The lowest BCUT2D eigenvalue weighted by Crippen LogP contribution is -2.32. The monoisotopic (exact) mass is 339 g/mol. The highest BCUT2D eigenvalue weighted by molar-refractivity contribution is 5.86. The van der Waals surface area contributed by atoms with Crippen molar-refractivity contribution in [3.05, 3.63) is 69.3 Å². The third kappa shape index (κ3) is 2.56. The molecule has 0 saturated carbocycles. The molecule has 0 unspecified atom stereocenters. The van der Waals surface area contributed by atoms with E-state index in [2.05, 4.69) is 0 Å². The number of aryl methyl sites for hydroxylation is 2. The topological polar surface area (TPSA) is 42.7 Å². The van der Waals surface area contributed by atoms with Crippen molar-refractivity contribution >= 4 is 16.7 Å². The van der Waals surface area contributed by atoms with E-state index in [1.54, 1.807) is 12.1 Å². The Morgan fingerprint density at radius 3 is 2.80 bits per heavy atom. The van der Waals surface area contributed by atoms with Gasteiger partial charge in [-0.05, 0) is 37.1 Å². The van der Waals surface area contributed by atoms with Gasteiger partial charge in [0.2, 0.25) is 0 Å². The SMILES string of the molecule is CCc1cc(=O)oc2c(C)c3c(cc12)CN(c1ccccc1F)CO3.